The molecule has 92 valence electrons. The molecule has 16 heavy (non-hydrogen) atoms. The van der Waals surface area contributed by atoms with Gasteiger partial charge in [-0.25, -0.2) is 0 Å². The summed E-state index contributed by atoms with van der Waals surface area (Å²) in [4.78, 5) is 11.6. The summed E-state index contributed by atoms with van der Waals surface area (Å²) in [6.45, 7) is 6.35. The molecule has 2 rings (SSSR count). The van der Waals surface area contributed by atoms with Crippen molar-refractivity contribution in [1.29, 1.82) is 0 Å². The molecular formula is C13H24N2O. The molecule has 0 aromatic rings. The fourth-order valence-electron chi connectivity index (χ4n) is 4.10. The van der Waals surface area contributed by atoms with Crippen LogP contribution in [-0.4, -0.2) is 19.0 Å². The van der Waals surface area contributed by atoms with Crippen molar-refractivity contribution in [3.05, 3.63) is 0 Å². The van der Waals surface area contributed by atoms with E-state index in [2.05, 4.69) is 19.2 Å². The first-order chi connectivity index (χ1) is 7.58. The molecule has 1 saturated carbocycles. The summed E-state index contributed by atoms with van der Waals surface area (Å²) < 4.78 is 0. The quantitative estimate of drug-likeness (QED) is 0.747. The fraction of sp³-hybridized carbons (Fsp3) is 0.923. The van der Waals surface area contributed by atoms with E-state index in [1.807, 2.05) is 0 Å². The molecule has 0 bridgehead atoms. The fourth-order valence-corrected chi connectivity index (χ4v) is 4.10. The number of carbonyl (C=O) groups excluding carboxylic acids is 1. The lowest BCUT2D eigenvalue weighted by molar-refractivity contribution is -0.127. The van der Waals surface area contributed by atoms with E-state index in [0.717, 1.165) is 13.1 Å². The summed E-state index contributed by atoms with van der Waals surface area (Å²) in [5.74, 6) is 1.27. The molecule has 0 radical (unpaired) electrons. The smallest absolute Gasteiger partial charge is 0.222 e. The predicted molar refractivity (Wildman–Crippen MR) is 64.8 cm³/mol. The van der Waals surface area contributed by atoms with E-state index < -0.39 is 0 Å². The minimum Gasteiger partial charge on any atom is -0.369 e. The SMILES string of the molecule is CC(C)C1CCCCC12CNCC2C(N)=O. The lowest BCUT2D eigenvalue weighted by Gasteiger charge is -2.46. The summed E-state index contributed by atoms with van der Waals surface area (Å²) in [6, 6.07) is 0. The number of carbonyl (C=O) groups is 1. The highest BCUT2D eigenvalue weighted by Crippen LogP contribution is 2.51. The van der Waals surface area contributed by atoms with Gasteiger partial charge in [0.2, 0.25) is 5.91 Å². The van der Waals surface area contributed by atoms with Crippen LogP contribution < -0.4 is 11.1 Å². The molecule has 2 aliphatic rings. The Bertz CT molecular complexity index is 277. The minimum atomic E-state index is -0.0995. The third-order valence-electron chi connectivity index (χ3n) is 4.79. The van der Waals surface area contributed by atoms with Crippen LogP contribution in [-0.2, 0) is 4.79 Å². The maximum atomic E-state index is 11.6. The van der Waals surface area contributed by atoms with Crippen molar-refractivity contribution in [2.75, 3.05) is 13.1 Å². The molecule has 0 aromatic heterocycles. The molecule has 0 aromatic carbocycles. The Morgan fingerprint density at radius 2 is 2.19 bits per heavy atom. The topological polar surface area (TPSA) is 55.1 Å². The van der Waals surface area contributed by atoms with E-state index in [-0.39, 0.29) is 17.2 Å². The standard InChI is InChI=1S/C13H24N2O/c1-9(2)10-5-3-4-6-13(10)8-15-7-11(13)12(14)16/h9-11,15H,3-8H2,1-2H3,(H2,14,16). The van der Waals surface area contributed by atoms with E-state index in [9.17, 15) is 4.79 Å². The highest BCUT2D eigenvalue weighted by molar-refractivity contribution is 5.78. The average Bonchev–Trinajstić information content (AvgIpc) is 2.62. The molecule has 3 heteroatoms. The van der Waals surface area contributed by atoms with Gasteiger partial charge in [-0.15, -0.1) is 0 Å². The van der Waals surface area contributed by atoms with Crippen LogP contribution in [0.2, 0.25) is 0 Å². The summed E-state index contributed by atoms with van der Waals surface area (Å²) in [7, 11) is 0. The van der Waals surface area contributed by atoms with Gasteiger partial charge in [-0.2, -0.15) is 0 Å². The molecule has 2 fully saturated rings. The Morgan fingerprint density at radius 1 is 1.44 bits per heavy atom. The molecule has 3 nitrogen and oxygen atoms in total. The zero-order chi connectivity index (χ0) is 11.8. The van der Waals surface area contributed by atoms with Gasteiger partial charge in [0.1, 0.15) is 0 Å². The van der Waals surface area contributed by atoms with Gasteiger partial charge in [0.05, 0.1) is 5.92 Å². The lowest BCUT2D eigenvalue weighted by atomic mass is 9.58. The molecule has 1 aliphatic heterocycles. The highest BCUT2D eigenvalue weighted by Gasteiger charge is 2.52. The number of hydrogen-bond acceptors (Lipinski definition) is 2. The largest absolute Gasteiger partial charge is 0.369 e. The van der Waals surface area contributed by atoms with Crippen LogP contribution in [0, 0.1) is 23.2 Å². The first-order valence-corrected chi connectivity index (χ1v) is 6.58. The molecule has 1 spiro atoms. The van der Waals surface area contributed by atoms with Crippen LogP contribution in [0.25, 0.3) is 0 Å². The van der Waals surface area contributed by atoms with Crippen molar-refractivity contribution in [2.24, 2.45) is 28.9 Å². The third-order valence-corrected chi connectivity index (χ3v) is 4.79. The Kier molecular flexibility index (Phi) is 3.24. The van der Waals surface area contributed by atoms with Crippen molar-refractivity contribution in [2.45, 2.75) is 39.5 Å². The lowest BCUT2D eigenvalue weighted by Crippen LogP contribution is -2.47. The van der Waals surface area contributed by atoms with Crippen LogP contribution in [0.15, 0.2) is 0 Å². The first kappa shape index (κ1) is 11.9. The molecule has 3 unspecified atom stereocenters. The molecule has 3 N–H and O–H groups in total. The van der Waals surface area contributed by atoms with Crippen molar-refractivity contribution >= 4 is 5.91 Å². The maximum absolute atomic E-state index is 11.6. The molecular weight excluding hydrogens is 200 g/mol. The highest BCUT2D eigenvalue weighted by atomic mass is 16.1. The number of nitrogens with two attached hydrogens (primary N) is 1. The van der Waals surface area contributed by atoms with Crippen LogP contribution in [0.5, 0.6) is 0 Å². The maximum Gasteiger partial charge on any atom is 0.222 e. The number of amides is 1. The van der Waals surface area contributed by atoms with Gasteiger partial charge >= 0.3 is 0 Å². The Hall–Kier alpha value is -0.570. The molecule has 1 aliphatic carbocycles. The summed E-state index contributed by atoms with van der Waals surface area (Å²) >= 11 is 0. The van der Waals surface area contributed by atoms with Crippen molar-refractivity contribution < 1.29 is 4.79 Å². The molecule has 1 amide bonds. The monoisotopic (exact) mass is 224 g/mol. The van der Waals surface area contributed by atoms with Gasteiger partial charge in [-0.3, -0.25) is 4.79 Å². The van der Waals surface area contributed by atoms with Crippen molar-refractivity contribution in [1.82, 2.24) is 5.32 Å². The van der Waals surface area contributed by atoms with Crippen LogP contribution in [0.4, 0.5) is 0 Å². The van der Waals surface area contributed by atoms with Crippen LogP contribution >= 0.6 is 0 Å². The van der Waals surface area contributed by atoms with Gasteiger partial charge in [0, 0.05) is 13.1 Å². The van der Waals surface area contributed by atoms with E-state index >= 15 is 0 Å². The number of nitrogens with one attached hydrogen (secondary N) is 1. The van der Waals surface area contributed by atoms with E-state index in [4.69, 9.17) is 5.73 Å². The van der Waals surface area contributed by atoms with Gasteiger partial charge in [-0.1, -0.05) is 26.7 Å². The molecule has 3 atom stereocenters. The van der Waals surface area contributed by atoms with Gasteiger partial charge in [0.25, 0.3) is 0 Å². The number of hydrogen-bond donors (Lipinski definition) is 2. The number of rotatable bonds is 2. The van der Waals surface area contributed by atoms with E-state index in [1.165, 1.54) is 25.7 Å². The zero-order valence-electron chi connectivity index (χ0n) is 10.5. The first-order valence-electron chi connectivity index (χ1n) is 6.58. The Labute approximate surface area is 98.2 Å². The summed E-state index contributed by atoms with van der Waals surface area (Å²) in [5.41, 5.74) is 5.75. The zero-order valence-corrected chi connectivity index (χ0v) is 10.5. The predicted octanol–water partition coefficient (Wildman–Crippen LogP) is 1.52. The summed E-state index contributed by atoms with van der Waals surface area (Å²) in [6.07, 6.45) is 5.02. The van der Waals surface area contributed by atoms with Crippen LogP contribution in [0.3, 0.4) is 0 Å². The van der Waals surface area contributed by atoms with Gasteiger partial charge < -0.3 is 11.1 Å². The normalized spacial score (nSPS) is 39.4. The second kappa shape index (κ2) is 4.36. The van der Waals surface area contributed by atoms with Crippen molar-refractivity contribution in [3.8, 4) is 0 Å². The summed E-state index contributed by atoms with van der Waals surface area (Å²) in [5, 5.41) is 3.40. The van der Waals surface area contributed by atoms with E-state index in [0.29, 0.717) is 11.8 Å². The number of primary amides is 1. The molecule has 1 heterocycles. The Balaban J connectivity index is 2.28. The van der Waals surface area contributed by atoms with Gasteiger partial charge in [-0.05, 0) is 30.1 Å². The second-order valence-corrected chi connectivity index (χ2v) is 5.92. The Morgan fingerprint density at radius 3 is 2.81 bits per heavy atom. The van der Waals surface area contributed by atoms with E-state index in [1.54, 1.807) is 0 Å². The second-order valence-electron chi connectivity index (χ2n) is 5.92. The minimum absolute atomic E-state index is 0.0557. The molecule has 1 saturated heterocycles. The average molecular weight is 224 g/mol. The van der Waals surface area contributed by atoms with Gasteiger partial charge in [0.15, 0.2) is 0 Å². The van der Waals surface area contributed by atoms with Crippen LogP contribution in [0.1, 0.15) is 39.5 Å². The third kappa shape index (κ3) is 1.75. The van der Waals surface area contributed by atoms with Crippen molar-refractivity contribution in [3.63, 3.8) is 0 Å².